The number of para-hydroxylation sites is 1. The van der Waals surface area contributed by atoms with Gasteiger partial charge in [-0.1, -0.05) is 18.2 Å². The van der Waals surface area contributed by atoms with Crippen molar-refractivity contribution in [1.82, 2.24) is 5.32 Å². The summed E-state index contributed by atoms with van der Waals surface area (Å²) in [5.41, 5.74) is 2.76. The van der Waals surface area contributed by atoms with Crippen LogP contribution in [0.5, 0.6) is 0 Å². The van der Waals surface area contributed by atoms with Crippen molar-refractivity contribution in [3.63, 3.8) is 0 Å². The lowest BCUT2D eigenvalue weighted by Gasteiger charge is -2.18. The van der Waals surface area contributed by atoms with E-state index in [1.54, 1.807) is 17.0 Å². The van der Waals surface area contributed by atoms with Crippen LogP contribution in [0.15, 0.2) is 46.9 Å². The first-order valence-corrected chi connectivity index (χ1v) is 10.5. The fraction of sp³-hybridized carbons (Fsp3) is 0.318. The molecule has 1 saturated carbocycles. The Morgan fingerprint density at radius 2 is 1.90 bits per heavy atom. The van der Waals surface area contributed by atoms with E-state index in [4.69, 9.17) is 0 Å². The van der Waals surface area contributed by atoms with Gasteiger partial charge in [-0.05, 0) is 65.5 Å². The molecule has 150 valence electrons. The number of benzene rings is 2. The van der Waals surface area contributed by atoms with Crippen LogP contribution in [0.25, 0.3) is 0 Å². The summed E-state index contributed by atoms with van der Waals surface area (Å²) in [4.78, 5) is 39.3. The SMILES string of the molecule is Cc1ccc(C(=O)NC2CC2)cc1NC(=O)C1CC(=O)N(c2ccccc2Br)C1. The molecule has 2 N–H and O–H groups in total. The van der Waals surface area contributed by atoms with Crippen LogP contribution in [0.1, 0.15) is 35.2 Å². The van der Waals surface area contributed by atoms with Gasteiger partial charge in [0.05, 0.1) is 11.6 Å². The molecule has 29 heavy (non-hydrogen) atoms. The quantitative estimate of drug-likeness (QED) is 0.721. The van der Waals surface area contributed by atoms with Crippen LogP contribution in [0, 0.1) is 12.8 Å². The van der Waals surface area contributed by atoms with Crippen LogP contribution in [0.4, 0.5) is 11.4 Å². The number of anilines is 2. The number of amides is 3. The summed E-state index contributed by atoms with van der Waals surface area (Å²) in [5.74, 6) is -0.862. The van der Waals surface area contributed by atoms with Gasteiger partial charge in [-0.15, -0.1) is 0 Å². The van der Waals surface area contributed by atoms with E-state index in [2.05, 4.69) is 26.6 Å². The number of hydrogen-bond acceptors (Lipinski definition) is 3. The first kappa shape index (κ1) is 19.6. The Bertz CT molecular complexity index is 987. The van der Waals surface area contributed by atoms with Gasteiger partial charge in [-0.3, -0.25) is 14.4 Å². The first-order chi connectivity index (χ1) is 13.9. The number of carbonyl (C=O) groups is 3. The summed E-state index contributed by atoms with van der Waals surface area (Å²) in [6.45, 7) is 2.21. The van der Waals surface area contributed by atoms with Crippen LogP contribution in [0.2, 0.25) is 0 Å². The van der Waals surface area contributed by atoms with E-state index in [9.17, 15) is 14.4 Å². The molecule has 2 aromatic carbocycles. The number of halogens is 1. The largest absolute Gasteiger partial charge is 0.349 e. The van der Waals surface area contributed by atoms with E-state index in [1.807, 2.05) is 37.3 Å². The zero-order chi connectivity index (χ0) is 20.5. The Morgan fingerprint density at radius 1 is 1.14 bits per heavy atom. The maximum absolute atomic E-state index is 12.8. The molecule has 0 spiro atoms. The van der Waals surface area contributed by atoms with Crippen LogP contribution in [0.3, 0.4) is 0 Å². The number of nitrogens with zero attached hydrogens (tertiary/aromatic N) is 1. The topological polar surface area (TPSA) is 78.5 Å². The fourth-order valence-electron chi connectivity index (χ4n) is 3.42. The molecule has 0 bridgehead atoms. The molecule has 2 fully saturated rings. The standard InChI is InChI=1S/C22H22BrN3O3/c1-13-6-7-14(21(28)24-16-8-9-16)10-18(13)25-22(29)15-11-20(27)26(12-15)19-5-3-2-4-17(19)23/h2-7,10,15-16H,8-9,11-12H2,1H3,(H,24,28)(H,25,29). The van der Waals surface area contributed by atoms with Gasteiger partial charge in [0.25, 0.3) is 5.91 Å². The Balaban J connectivity index is 1.46. The molecule has 1 aliphatic carbocycles. The molecule has 2 aromatic rings. The predicted octanol–water partition coefficient (Wildman–Crippen LogP) is 3.64. The van der Waals surface area contributed by atoms with Crippen molar-refractivity contribution in [3.8, 4) is 0 Å². The van der Waals surface area contributed by atoms with Crippen LogP contribution in [-0.2, 0) is 9.59 Å². The summed E-state index contributed by atoms with van der Waals surface area (Å²) in [7, 11) is 0. The molecule has 4 rings (SSSR count). The van der Waals surface area contributed by atoms with Crippen molar-refractivity contribution in [1.29, 1.82) is 0 Å². The molecule has 7 heteroatoms. The molecule has 1 aliphatic heterocycles. The minimum absolute atomic E-state index is 0.0775. The van der Waals surface area contributed by atoms with E-state index in [0.717, 1.165) is 28.6 Å². The normalized spacial score (nSPS) is 18.6. The number of aryl methyl sites for hydroxylation is 1. The first-order valence-electron chi connectivity index (χ1n) is 9.69. The molecule has 3 amide bonds. The highest BCUT2D eigenvalue weighted by Crippen LogP contribution is 2.32. The van der Waals surface area contributed by atoms with Gasteiger partial charge < -0.3 is 15.5 Å². The summed E-state index contributed by atoms with van der Waals surface area (Å²) in [6, 6.07) is 13.0. The van der Waals surface area contributed by atoms with Gasteiger partial charge in [0.1, 0.15) is 0 Å². The van der Waals surface area contributed by atoms with Crippen LogP contribution < -0.4 is 15.5 Å². The number of carbonyl (C=O) groups excluding carboxylic acids is 3. The van der Waals surface area contributed by atoms with E-state index in [-0.39, 0.29) is 30.2 Å². The van der Waals surface area contributed by atoms with E-state index in [0.29, 0.717) is 17.8 Å². The molecule has 1 unspecified atom stereocenters. The lowest BCUT2D eigenvalue weighted by molar-refractivity contribution is -0.122. The van der Waals surface area contributed by atoms with Crippen LogP contribution in [-0.4, -0.2) is 30.3 Å². The third-order valence-corrected chi connectivity index (χ3v) is 5.98. The Labute approximate surface area is 177 Å². The van der Waals surface area contributed by atoms with E-state index >= 15 is 0 Å². The second-order valence-corrected chi connectivity index (χ2v) is 8.48. The molecule has 2 aliphatic rings. The minimum atomic E-state index is -0.446. The average molecular weight is 456 g/mol. The Morgan fingerprint density at radius 3 is 2.62 bits per heavy atom. The maximum Gasteiger partial charge on any atom is 0.251 e. The molecular formula is C22H22BrN3O3. The monoisotopic (exact) mass is 455 g/mol. The van der Waals surface area contributed by atoms with Gasteiger partial charge in [-0.25, -0.2) is 0 Å². The molecule has 1 atom stereocenters. The number of hydrogen-bond donors (Lipinski definition) is 2. The highest BCUT2D eigenvalue weighted by molar-refractivity contribution is 9.10. The average Bonchev–Trinajstić information content (AvgIpc) is 3.43. The predicted molar refractivity (Wildman–Crippen MR) is 115 cm³/mol. The van der Waals surface area contributed by atoms with Crippen molar-refractivity contribution < 1.29 is 14.4 Å². The Kier molecular flexibility index (Phi) is 5.41. The molecule has 6 nitrogen and oxygen atoms in total. The van der Waals surface area contributed by atoms with Gasteiger partial charge in [0.15, 0.2) is 0 Å². The lowest BCUT2D eigenvalue weighted by atomic mass is 10.1. The second kappa shape index (κ2) is 7.99. The van der Waals surface area contributed by atoms with Gasteiger partial charge in [-0.2, -0.15) is 0 Å². The zero-order valence-corrected chi connectivity index (χ0v) is 17.7. The third-order valence-electron chi connectivity index (χ3n) is 5.31. The number of rotatable bonds is 5. The molecule has 1 saturated heterocycles. The summed E-state index contributed by atoms with van der Waals surface area (Å²) >= 11 is 3.46. The number of nitrogens with one attached hydrogen (secondary N) is 2. The molecule has 0 radical (unpaired) electrons. The summed E-state index contributed by atoms with van der Waals surface area (Å²) in [6.07, 6.45) is 2.20. The van der Waals surface area contributed by atoms with Crippen molar-refractivity contribution in [3.05, 3.63) is 58.1 Å². The molecular weight excluding hydrogens is 434 g/mol. The van der Waals surface area contributed by atoms with Gasteiger partial charge >= 0.3 is 0 Å². The summed E-state index contributed by atoms with van der Waals surface area (Å²) in [5, 5.41) is 5.87. The smallest absolute Gasteiger partial charge is 0.251 e. The van der Waals surface area contributed by atoms with Crippen molar-refractivity contribution in [2.45, 2.75) is 32.2 Å². The Hall–Kier alpha value is -2.67. The van der Waals surface area contributed by atoms with Gasteiger partial charge in [0, 0.05) is 34.7 Å². The maximum atomic E-state index is 12.8. The molecule has 0 aromatic heterocycles. The van der Waals surface area contributed by atoms with Gasteiger partial charge in [0.2, 0.25) is 11.8 Å². The highest BCUT2D eigenvalue weighted by Gasteiger charge is 2.36. The molecule has 1 heterocycles. The van der Waals surface area contributed by atoms with Crippen molar-refractivity contribution >= 4 is 45.0 Å². The minimum Gasteiger partial charge on any atom is -0.349 e. The lowest BCUT2D eigenvalue weighted by Crippen LogP contribution is -2.29. The van der Waals surface area contributed by atoms with Crippen molar-refractivity contribution in [2.24, 2.45) is 5.92 Å². The van der Waals surface area contributed by atoms with E-state index in [1.165, 1.54) is 0 Å². The second-order valence-electron chi connectivity index (χ2n) is 7.62. The van der Waals surface area contributed by atoms with Crippen molar-refractivity contribution in [2.75, 3.05) is 16.8 Å². The zero-order valence-electron chi connectivity index (χ0n) is 16.1. The third kappa shape index (κ3) is 4.34. The fourth-order valence-corrected chi connectivity index (χ4v) is 3.91. The highest BCUT2D eigenvalue weighted by atomic mass is 79.9. The van der Waals surface area contributed by atoms with E-state index < -0.39 is 5.92 Å². The van der Waals surface area contributed by atoms with Crippen LogP contribution >= 0.6 is 15.9 Å². The summed E-state index contributed by atoms with van der Waals surface area (Å²) < 4.78 is 0.819.